The first-order chi connectivity index (χ1) is 9.02. The number of rotatable bonds is 3. The van der Waals surface area contributed by atoms with Crippen molar-refractivity contribution in [1.29, 1.82) is 0 Å². The second kappa shape index (κ2) is 5.54. The van der Waals surface area contributed by atoms with Gasteiger partial charge >= 0.3 is 0 Å². The van der Waals surface area contributed by atoms with Gasteiger partial charge in [-0.2, -0.15) is 5.10 Å². The summed E-state index contributed by atoms with van der Waals surface area (Å²) in [6.45, 7) is -0.0235. The standard InChI is InChI=1S/C13H14BrN3O2/c1-16(2)13(19)12-5-6-17(15-12)10-4-3-9(8-18)11(14)7-10/h3-7,18H,8H2,1-2H3. The first-order valence-electron chi connectivity index (χ1n) is 5.70. The van der Waals surface area contributed by atoms with Crippen LogP contribution >= 0.6 is 15.9 Å². The van der Waals surface area contributed by atoms with Crippen LogP contribution in [0.1, 0.15) is 16.1 Å². The third kappa shape index (κ3) is 2.85. The molecule has 5 nitrogen and oxygen atoms in total. The normalized spacial score (nSPS) is 10.5. The molecule has 6 heteroatoms. The largest absolute Gasteiger partial charge is 0.392 e. The molecule has 1 aromatic carbocycles. The minimum absolute atomic E-state index is 0.0235. The van der Waals surface area contributed by atoms with Crippen LogP contribution in [-0.2, 0) is 6.61 Å². The van der Waals surface area contributed by atoms with Crippen LogP contribution in [0.4, 0.5) is 0 Å². The van der Waals surface area contributed by atoms with Gasteiger partial charge in [-0.05, 0) is 23.8 Å². The Bertz CT molecular complexity index is 608. The number of hydrogen-bond acceptors (Lipinski definition) is 3. The molecule has 0 unspecified atom stereocenters. The van der Waals surface area contributed by atoms with E-state index in [0.29, 0.717) is 5.69 Å². The second-order valence-corrected chi connectivity index (χ2v) is 5.13. The lowest BCUT2D eigenvalue weighted by molar-refractivity contribution is 0.0821. The van der Waals surface area contributed by atoms with E-state index in [-0.39, 0.29) is 12.5 Å². The molecule has 0 spiro atoms. The topological polar surface area (TPSA) is 58.4 Å². The summed E-state index contributed by atoms with van der Waals surface area (Å²) in [5, 5.41) is 13.4. The number of benzene rings is 1. The lowest BCUT2D eigenvalue weighted by atomic mass is 10.2. The lowest BCUT2D eigenvalue weighted by Gasteiger charge is -2.07. The molecule has 100 valence electrons. The van der Waals surface area contributed by atoms with Gasteiger partial charge in [0.05, 0.1) is 12.3 Å². The van der Waals surface area contributed by atoms with Crippen LogP contribution in [0, 0.1) is 0 Å². The minimum Gasteiger partial charge on any atom is -0.392 e. The van der Waals surface area contributed by atoms with Gasteiger partial charge < -0.3 is 10.0 Å². The zero-order chi connectivity index (χ0) is 14.0. The monoisotopic (exact) mass is 323 g/mol. The lowest BCUT2D eigenvalue weighted by Crippen LogP contribution is -2.22. The molecule has 1 amide bonds. The van der Waals surface area contributed by atoms with Gasteiger partial charge in [-0.1, -0.05) is 22.0 Å². The average molecular weight is 324 g/mol. The third-order valence-electron chi connectivity index (χ3n) is 2.69. The highest BCUT2D eigenvalue weighted by Crippen LogP contribution is 2.20. The molecule has 0 aliphatic rings. The van der Waals surface area contributed by atoms with Crippen LogP contribution in [-0.4, -0.2) is 39.8 Å². The molecule has 0 atom stereocenters. The molecule has 0 saturated carbocycles. The number of nitrogens with zero attached hydrogens (tertiary/aromatic N) is 3. The number of amides is 1. The van der Waals surface area contributed by atoms with Crippen molar-refractivity contribution < 1.29 is 9.90 Å². The molecule has 1 aromatic heterocycles. The van der Waals surface area contributed by atoms with Crippen molar-refractivity contribution in [3.05, 3.63) is 46.2 Å². The van der Waals surface area contributed by atoms with E-state index >= 15 is 0 Å². The minimum atomic E-state index is -0.134. The molecule has 0 fully saturated rings. The van der Waals surface area contributed by atoms with Crippen molar-refractivity contribution in [2.45, 2.75) is 6.61 Å². The molecule has 0 saturated heterocycles. The summed E-state index contributed by atoms with van der Waals surface area (Å²) in [5.74, 6) is -0.134. The van der Waals surface area contributed by atoms with Gasteiger partial charge in [-0.25, -0.2) is 4.68 Å². The van der Waals surface area contributed by atoms with Gasteiger partial charge in [-0.15, -0.1) is 0 Å². The van der Waals surface area contributed by atoms with Gasteiger partial charge in [0.15, 0.2) is 5.69 Å². The quantitative estimate of drug-likeness (QED) is 0.937. The second-order valence-electron chi connectivity index (χ2n) is 4.28. The maximum Gasteiger partial charge on any atom is 0.273 e. The molecule has 19 heavy (non-hydrogen) atoms. The van der Waals surface area contributed by atoms with E-state index in [0.717, 1.165) is 15.7 Å². The van der Waals surface area contributed by atoms with E-state index in [4.69, 9.17) is 5.11 Å². The van der Waals surface area contributed by atoms with E-state index in [1.807, 2.05) is 18.2 Å². The third-order valence-corrected chi connectivity index (χ3v) is 3.42. The van der Waals surface area contributed by atoms with Crippen molar-refractivity contribution in [2.75, 3.05) is 14.1 Å². The Labute approximate surface area is 119 Å². The SMILES string of the molecule is CN(C)C(=O)c1ccn(-c2ccc(CO)c(Br)c2)n1. The fourth-order valence-electron chi connectivity index (χ4n) is 1.62. The van der Waals surface area contributed by atoms with Crippen LogP contribution < -0.4 is 0 Å². The first kappa shape index (κ1) is 13.8. The number of aromatic nitrogens is 2. The van der Waals surface area contributed by atoms with E-state index in [1.54, 1.807) is 31.0 Å². The van der Waals surface area contributed by atoms with E-state index in [2.05, 4.69) is 21.0 Å². The number of aliphatic hydroxyl groups excluding tert-OH is 1. The molecular formula is C13H14BrN3O2. The van der Waals surface area contributed by atoms with Gasteiger partial charge in [0, 0.05) is 24.8 Å². The summed E-state index contributed by atoms with van der Waals surface area (Å²) in [6, 6.07) is 7.18. The highest BCUT2D eigenvalue weighted by Gasteiger charge is 2.12. The van der Waals surface area contributed by atoms with Crippen molar-refractivity contribution in [3.63, 3.8) is 0 Å². The summed E-state index contributed by atoms with van der Waals surface area (Å²) in [4.78, 5) is 13.2. The maximum absolute atomic E-state index is 11.8. The average Bonchev–Trinajstić information content (AvgIpc) is 2.87. The van der Waals surface area contributed by atoms with Crippen molar-refractivity contribution in [1.82, 2.24) is 14.7 Å². The Balaban J connectivity index is 2.33. The predicted octanol–water partition coefficient (Wildman–Crippen LogP) is 1.83. The number of carbonyl (C=O) groups is 1. The van der Waals surface area contributed by atoms with Crippen LogP contribution in [0.25, 0.3) is 5.69 Å². The fraction of sp³-hybridized carbons (Fsp3) is 0.231. The van der Waals surface area contributed by atoms with Gasteiger partial charge in [0.1, 0.15) is 0 Å². The summed E-state index contributed by atoms with van der Waals surface area (Å²) in [5.41, 5.74) is 2.02. The Kier molecular flexibility index (Phi) is 4.01. The van der Waals surface area contributed by atoms with Gasteiger partial charge in [-0.3, -0.25) is 4.79 Å². The maximum atomic E-state index is 11.8. The van der Waals surface area contributed by atoms with Gasteiger partial charge in [0.25, 0.3) is 5.91 Å². The molecule has 2 rings (SSSR count). The van der Waals surface area contributed by atoms with Crippen LogP contribution in [0.2, 0.25) is 0 Å². The molecule has 0 radical (unpaired) electrons. The van der Waals surface area contributed by atoms with E-state index in [9.17, 15) is 4.79 Å². The number of halogens is 1. The first-order valence-corrected chi connectivity index (χ1v) is 6.49. The number of hydrogen-bond donors (Lipinski definition) is 1. The van der Waals surface area contributed by atoms with E-state index in [1.165, 1.54) is 4.90 Å². The van der Waals surface area contributed by atoms with Crippen LogP contribution in [0.15, 0.2) is 34.9 Å². The number of aliphatic hydroxyl groups is 1. The molecule has 0 aliphatic carbocycles. The Morgan fingerprint density at radius 3 is 2.74 bits per heavy atom. The summed E-state index contributed by atoms with van der Waals surface area (Å²) in [6.07, 6.45) is 1.73. The molecule has 1 heterocycles. The predicted molar refractivity (Wildman–Crippen MR) is 75.2 cm³/mol. The molecular weight excluding hydrogens is 310 g/mol. The fourth-order valence-corrected chi connectivity index (χ4v) is 2.11. The zero-order valence-electron chi connectivity index (χ0n) is 10.7. The van der Waals surface area contributed by atoms with E-state index < -0.39 is 0 Å². The van der Waals surface area contributed by atoms with Gasteiger partial charge in [0.2, 0.25) is 0 Å². The summed E-state index contributed by atoms with van der Waals surface area (Å²) < 4.78 is 2.44. The Morgan fingerprint density at radius 1 is 1.42 bits per heavy atom. The van der Waals surface area contributed by atoms with Crippen molar-refractivity contribution >= 4 is 21.8 Å². The summed E-state index contributed by atoms with van der Waals surface area (Å²) in [7, 11) is 3.38. The van der Waals surface area contributed by atoms with Crippen molar-refractivity contribution in [2.24, 2.45) is 0 Å². The summed E-state index contributed by atoms with van der Waals surface area (Å²) >= 11 is 3.39. The highest BCUT2D eigenvalue weighted by atomic mass is 79.9. The molecule has 1 N–H and O–H groups in total. The van der Waals surface area contributed by atoms with Crippen LogP contribution in [0.3, 0.4) is 0 Å². The highest BCUT2D eigenvalue weighted by molar-refractivity contribution is 9.10. The Hall–Kier alpha value is -1.66. The molecule has 0 bridgehead atoms. The molecule has 2 aromatic rings. The molecule has 0 aliphatic heterocycles. The zero-order valence-corrected chi connectivity index (χ0v) is 12.3. The van der Waals surface area contributed by atoms with Crippen LogP contribution in [0.5, 0.6) is 0 Å². The smallest absolute Gasteiger partial charge is 0.273 e. The Morgan fingerprint density at radius 2 is 2.16 bits per heavy atom. The number of carbonyl (C=O) groups excluding carboxylic acids is 1. The van der Waals surface area contributed by atoms with Crippen molar-refractivity contribution in [3.8, 4) is 5.69 Å².